The summed E-state index contributed by atoms with van der Waals surface area (Å²) in [7, 11) is 3.53. The third-order valence-corrected chi connectivity index (χ3v) is 3.38. The number of hydrazine groups is 1. The Kier molecular flexibility index (Phi) is 3.60. The molecule has 0 unspecified atom stereocenters. The van der Waals surface area contributed by atoms with Crippen LogP contribution in [0.25, 0.3) is 22.4 Å². The van der Waals surface area contributed by atoms with Gasteiger partial charge in [0.15, 0.2) is 0 Å². The topological polar surface area (TPSA) is 60.0 Å². The van der Waals surface area contributed by atoms with Crippen LogP contribution in [0.15, 0.2) is 48.8 Å². The molecule has 0 atom stereocenters. The average molecular weight is 297 g/mol. The number of nitrogens with two attached hydrogens (primary N) is 1. The first-order valence-electron chi connectivity index (χ1n) is 6.79. The van der Waals surface area contributed by atoms with Crippen LogP contribution in [0.5, 0.6) is 0 Å². The monoisotopic (exact) mass is 297 g/mol. The van der Waals surface area contributed by atoms with E-state index in [9.17, 15) is 4.39 Å². The Morgan fingerprint density at radius 1 is 1.18 bits per heavy atom. The molecule has 2 aromatic heterocycles. The molecule has 3 aromatic rings. The van der Waals surface area contributed by atoms with E-state index >= 15 is 0 Å². The van der Waals surface area contributed by atoms with Gasteiger partial charge in [-0.2, -0.15) is 5.10 Å². The molecule has 2 heterocycles. The first-order valence-corrected chi connectivity index (χ1v) is 6.79. The van der Waals surface area contributed by atoms with Crippen LogP contribution in [0.2, 0.25) is 0 Å². The lowest BCUT2D eigenvalue weighted by atomic mass is 10.0. The van der Waals surface area contributed by atoms with E-state index in [-0.39, 0.29) is 5.82 Å². The van der Waals surface area contributed by atoms with Crippen molar-refractivity contribution in [3.05, 3.63) is 54.6 Å². The summed E-state index contributed by atoms with van der Waals surface area (Å²) in [6, 6.07) is 10.3. The lowest BCUT2D eigenvalue weighted by Crippen LogP contribution is -2.25. The van der Waals surface area contributed by atoms with Crippen LogP contribution < -0.4 is 10.9 Å². The number of hydrogen-bond acceptors (Lipinski definition) is 4. The molecule has 0 saturated carbocycles. The lowest BCUT2D eigenvalue weighted by Gasteiger charge is -2.11. The van der Waals surface area contributed by atoms with Crippen molar-refractivity contribution in [1.29, 1.82) is 0 Å². The molecule has 0 aliphatic carbocycles. The molecular formula is C16H16FN5. The fraction of sp³-hybridized carbons (Fsp3) is 0.125. The smallest absolute Gasteiger partial charge is 0.142 e. The van der Waals surface area contributed by atoms with Gasteiger partial charge in [0.25, 0.3) is 0 Å². The maximum absolute atomic E-state index is 14.1. The summed E-state index contributed by atoms with van der Waals surface area (Å²) >= 11 is 0. The SMILES string of the molecule is CN(N)c1cc(-c2cn(C)nc2-c2ccccc2F)ccn1. The quantitative estimate of drug-likeness (QED) is 0.596. The second-order valence-corrected chi connectivity index (χ2v) is 5.06. The molecule has 0 saturated heterocycles. The summed E-state index contributed by atoms with van der Waals surface area (Å²) < 4.78 is 15.8. The maximum atomic E-state index is 14.1. The Morgan fingerprint density at radius 3 is 2.68 bits per heavy atom. The van der Waals surface area contributed by atoms with E-state index in [1.807, 2.05) is 25.4 Å². The van der Waals surface area contributed by atoms with Crippen molar-refractivity contribution in [3.63, 3.8) is 0 Å². The van der Waals surface area contributed by atoms with Gasteiger partial charge in [-0.1, -0.05) is 12.1 Å². The van der Waals surface area contributed by atoms with Gasteiger partial charge in [-0.25, -0.2) is 15.2 Å². The molecule has 0 aliphatic heterocycles. The van der Waals surface area contributed by atoms with Crippen molar-refractivity contribution in [2.75, 3.05) is 12.1 Å². The highest BCUT2D eigenvalue weighted by atomic mass is 19.1. The number of benzene rings is 1. The Hall–Kier alpha value is -2.73. The molecule has 0 radical (unpaired) electrons. The summed E-state index contributed by atoms with van der Waals surface area (Å²) in [6.45, 7) is 0. The van der Waals surface area contributed by atoms with Crippen molar-refractivity contribution in [2.45, 2.75) is 0 Å². The fourth-order valence-corrected chi connectivity index (χ4v) is 2.33. The van der Waals surface area contributed by atoms with E-state index in [0.717, 1.165) is 11.1 Å². The molecule has 6 heteroatoms. The highest BCUT2D eigenvalue weighted by Crippen LogP contribution is 2.32. The summed E-state index contributed by atoms with van der Waals surface area (Å²) in [5.41, 5.74) is 2.78. The zero-order valence-electron chi connectivity index (χ0n) is 12.4. The van der Waals surface area contributed by atoms with Crippen molar-refractivity contribution in [3.8, 4) is 22.4 Å². The van der Waals surface area contributed by atoms with Gasteiger partial charge in [-0.15, -0.1) is 0 Å². The van der Waals surface area contributed by atoms with E-state index in [1.54, 1.807) is 36.1 Å². The van der Waals surface area contributed by atoms with E-state index in [1.165, 1.54) is 11.1 Å². The average Bonchev–Trinajstić information content (AvgIpc) is 2.89. The van der Waals surface area contributed by atoms with Crippen molar-refractivity contribution in [2.24, 2.45) is 12.9 Å². The van der Waals surface area contributed by atoms with E-state index in [0.29, 0.717) is 17.1 Å². The van der Waals surface area contributed by atoms with Crippen LogP contribution in [0.3, 0.4) is 0 Å². The lowest BCUT2D eigenvalue weighted by molar-refractivity contribution is 0.630. The number of aromatic nitrogens is 3. The van der Waals surface area contributed by atoms with Crippen molar-refractivity contribution in [1.82, 2.24) is 14.8 Å². The third-order valence-electron chi connectivity index (χ3n) is 3.38. The van der Waals surface area contributed by atoms with Gasteiger partial charge in [-0.05, 0) is 29.8 Å². The highest BCUT2D eigenvalue weighted by Gasteiger charge is 2.16. The summed E-state index contributed by atoms with van der Waals surface area (Å²) in [5, 5.41) is 5.84. The number of nitrogens with zero attached hydrogens (tertiary/aromatic N) is 4. The molecule has 2 N–H and O–H groups in total. The highest BCUT2D eigenvalue weighted by molar-refractivity contribution is 5.81. The first-order chi connectivity index (χ1) is 10.6. The van der Waals surface area contributed by atoms with Crippen LogP contribution in [0.1, 0.15) is 0 Å². The number of rotatable bonds is 3. The normalized spacial score (nSPS) is 10.7. The predicted octanol–water partition coefficient (Wildman–Crippen LogP) is 2.60. The Balaban J connectivity index is 2.17. The van der Waals surface area contributed by atoms with E-state index in [4.69, 9.17) is 5.84 Å². The van der Waals surface area contributed by atoms with Gasteiger partial charge >= 0.3 is 0 Å². The van der Waals surface area contributed by atoms with Crippen molar-refractivity contribution < 1.29 is 4.39 Å². The summed E-state index contributed by atoms with van der Waals surface area (Å²) in [4.78, 5) is 4.19. The molecule has 3 rings (SSSR count). The fourth-order valence-electron chi connectivity index (χ4n) is 2.33. The molecule has 1 aromatic carbocycles. The minimum absolute atomic E-state index is 0.298. The second kappa shape index (κ2) is 5.57. The molecule has 0 fully saturated rings. The third kappa shape index (κ3) is 2.56. The minimum Gasteiger partial charge on any atom is -0.298 e. The molecule has 0 amide bonds. The Morgan fingerprint density at radius 2 is 1.95 bits per heavy atom. The molecule has 0 aliphatic rings. The minimum atomic E-state index is -0.298. The number of aryl methyl sites for hydroxylation is 1. The van der Waals surface area contributed by atoms with Crippen LogP contribution in [0.4, 0.5) is 10.2 Å². The molecule has 5 nitrogen and oxygen atoms in total. The predicted molar refractivity (Wildman–Crippen MR) is 84.4 cm³/mol. The first kappa shape index (κ1) is 14.2. The summed E-state index contributed by atoms with van der Waals surface area (Å²) in [5.74, 6) is 6.06. The van der Waals surface area contributed by atoms with Crippen LogP contribution in [0, 0.1) is 5.82 Å². The molecular weight excluding hydrogens is 281 g/mol. The van der Waals surface area contributed by atoms with E-state index in [2.05, 4.69) is 10.1 Å². The molecule has 0 spiro atoms. The molecule has 0 bridgehead atoms. The van der Waals surface area contributed by atoms with Gasteiger partial charge in [0.1, 0.15) is 17.3 Å². The van der Waals surface area contributed by atoms with E-state index < -0.39 is 0 Å². The molecule has 112 valence electrons. The summed E-state index contributed by atoms with van der Waals surface area (Å²) in [6.07, 6.45) is 3.53. The van der Waals surface area contributed by atoms with Gasteiger partial charge < -0.3 is 0 Å². The van der Waals surface area contributed by atoms with Crippen LogP contribution >= 0.6 is 0 Å². The van der Waals surface area contributed by atoms with Gasteiger partial charge in [0.05, 0.1) is 0 Å². The maximum Gasteiger partial charge on any atom is 0.142 e. The van der Waals surface area contributed by atoms with Gasteiger partial charge in [-0.3, -0.25) is 9.69 Å². The zero-order valence-corrected chi connectivity index (χ0v) is 12.4. The van der Waals surface area contributed by atoms with Gasteiger partial charge in [0.2, 0.25) is 0 Å². The second-order valence-electron chi connectivity index (χ2n) is 5.06. The largest absolute Gasteiger partial charge is 0.298 e. The number of halogens is 1. The van der Waals surface area contributed by atoms with Crippen molar-refractivity contribution >= 4 is 5.82 Å². The Labute approximate surface area is 127 Å². The van der Waals surface area contributed by atoms with Gasteiger partial charge in [0, 0.05) is 37.6 Å². The number of pyridine rings is 1. The van der Waals surface area contributed by atoms with Crippen LogP contribution in [-0.4, -0.2) is 21.8 Å². The standard InChI is InChI=1S/C16H16FN5/c1-21-10-13(11-7-8-19-15(9-11)22(2)18)16(20-21)12-5-3-4-6-14(12)17/h3-10H,18H2,1-2H3. The molecule has 22 heavy (non-hydrogen) atoms. The number of hydrogen-bond donors (Lipinski definition) is 1. The number of anilines is 1. The zero-order chi connectivity index (χ0) is 15.7. The van der Waals surface area contributed by atoms with Crippen LogP contribution in [-0.2, 0) is 7.05 Å². The Bertz CT molecular complexity index is 810.